The Morgan fingerprint density at radius 1 is 1.44 bits per heavy atom. The van der Waals surface area contributed by atoms with Gasteiger partial charge in [0, 0.05) is 11.8 Å². The van der Waals surface area contributed by atoms with Crippen molar-refractivity contribution in [2.24, 2.45) is 0 Å². The molecule has 2 N–H and O–H groups in total. The summed E-state index contributed by atoms with van der Waals surface area (Å²) in [6.45, 7) is 4.76. The molecule has 0 spiro atoms. The number of halogens is 1. The summed E-state index contributed by atoms with van der Waals surface area (Å²) in [5.41, 5.74) is 0.750. The van der Waals surface area contributed by atoms with Crippen LogP contribution in [-0.4, -0.2) is 25.6 Å². The lowest BCUT2D eigenvalue weighted by Gasteiger charge is -2.13. The Balaban J connectivity index is 0.00000289. The molecule has 0 radical (unpaired) electrons. The Labute approximate surface area is 115 Å². The molecule has 5 heteroatoms. The van der Waals surface area contributed by atoms with Gasteiger partial charge in [-0.3, -0.25) is 4.79 Å². The summed E-state index contributed by atoms with van der Waals surface area (Å²) in [7, 11) is 1.60. The summed E-state index contributed by atoms with van der Waals surface area (Å²) < 4.78 is 5.09. The average molecular weight is 273 g/mol. The summed E-state index contributed by atoms with van der Waals surface area (Å²) in [4.78, 5) is 11.8. The maximum absolute atomic E-state index is 11.8. The molecule has 0 saturated heterocycles. The van der Waals surface area contributed by atoms with Crippen LogP contribution in [-0.2, 0) is 4.79 Å². The van der Waals surface area contributed by atoms with Gasteiger partial charge in [-0.05, 0) is 32.0 Å². The van der Waals surface area contributed by atoms with Crippen molar-refractivity contribution in [3.8, 4) is 5.75 Å². The van der Waals surface area contributed by atoms with Crippen LogP contribution in [0.1, 0.15) is 20.3 Å². The lowest BCUT2D eigenvalue weighted by atomic mass is 10.2. The van der Waals surface area contributed by atoms with E-state index < -0.39 is 0 Å². The van der Waals surface area contributed by atoms with Crippen molar-refractivity contribution in [3.63, 3.8) is 0 Å². The van der Waals surface area contributed by atoms with E-state index in [0.717, 1.165) is 24.4 Å². The van der Waals surface area contributed by atoms with Gasteiger partial charge in [-0.25, -0.2) is 0 Å². The van der Waals surface area contributed by atoms with E-state index in [1.807, 2.05) is 25.1 Å². The van der Waals surface area contributed by atoms with Crippen molar-refractivity contribution < 1.29 is 9.53 Å². The summed E-state index contributed by atoms with van der Waals surface area (Å²) >= 11 is 0. The molecule has 0 fully saturated rings. The minimum absolute atomic E-state index is 0. The normalized spacial score (nSPS) is 11.3. The van der Waals surface area contributed by atoms with E-state index in [1.165, 1.54) is 0 Å². The van der Waals surface area contributed by atoms with Crippen LogP contribution in [0.4, 0.5) is 5.69 Å². The number of ether oxygens (including phenoxy) is 1. The predicted molar refractivity (Wildman–Crippen MR) is 76.6 cm³/mol. The molecule has 0 aliphatic carbocycles. The van der Waals surface area contributed by atoms with E-state index in [0.29, 0.717) is 0 Å². The first-order valence-corrected chi connectivity index (χ1v) is 5.85. The molecule has 0 heterocycles. The monoisotopic (exact) mass is 272 g/mol. The molecule has 0 bridgehead atoms. The van der Waals surface area contributed by atoms with E-state index in [2.05, 4.69) is 17.6 Å². The fraction of sp³-hybridized carbons (Fsp3) is 0.462. The summed E-state index contributed by atoms with van der Waals surface area (Å²) in [5, 5.41) is 5.98. The zero-order valence-electron chi connectivity index (χ0n) is 11.0. The summed E-state index contributed by atoms with van der Waals surface area (Å²) in [6, 6.07) is 7.13. The molecular weight excluding hydrogens is 252 g/mol. The van der Waals surface area contributed by atoms with Crippen LogP contribution in [0, 0.1) is 0 Å². The molecule has 1 amide bonds. The first-order valence-electron chi connectivity index (χ1n) is 5.85. The van der Waals surface area contributed by atoms with Crippen LogP contribution in [0.2, 0.25) is 0 Å². The second kappa shape index (κ2) is 8.78. The number of hydrogen-bond donors (Lipinski definition) is 2. The number of amides is 1. The van der Waals surface area contributed by atoms with Crippen LogP contribution >= 0.6 is 12.4 Å². The number of carbonyl (C=O) groups excluding carboxylic acids is 1. The predicted octanol–water partition coefficient (Wildman–Crippen LogP) is 2.44. The maximum Gasteiger partial charge on any atom is 0.241 e. The van der Waals surface area contributed by atoms with Crippen LogP contribution in [0.15, 0.2) is 24.3 Å². The van der Waals surface area contributed by atoms with Crippen molar-refractivity contribution in [2.45, 2.75) is 26.3 Å². The Kier molecular flexibility index (Phi) is 8.16. The third-order valence-corrected chi connectivity index (χ3v) is 2.43. The van der Waals surface area contributed by atoms with Gasteiger partial charge in [0.05, 0.1) is 13.2 Å². The Bertz CT molecular complexity index is 372. The first kappa shape index (κ1) is 16.7. The van der Waals surface area contributed by atoms with E-state index in [4.69, 9.17) is 4.74 Å². The highest BCUT2D eigenvalue weighted by Crippen LogP contribution is 2.16. The zero-order valence-corrected chi connectivity index (χ0v) is 11.8. The number of rotatable bonds is 6. The molecule has 18 heavy (non-hydrogen) atoms. The number of anilines is 1. The quantitative estimate of drug-likeness (QED) is 0.836. The molecule has 4 nitrogen and oxygen atoms in total. The minimum Gasteiger partial charge on any atom is -0.497 e. The molecule has 0 aromatic heterocycles. The van der Waals surface area contributed by atoms with Crippen LogP contribution < -0.4 is 15.4 Å². The lowest BCUT2D eigenvalue weighted by molar-refractivity contribution is -0.117. The highest BCUT2D eigenvalue weighted by atomic mass is 35.5. The Hall–Kier alpha value is -1.26. The van der Waals surface area contributed by atoms with Gasteiger partial charge in [0.25, 0.3) is 0 Å². The second-order valence-electron chi connectivity index (χ2n) is 3.90. The molecule has 102 valence electrons. The molecule has 1 atom stereocenters. The molecule has 1 aromatic rings. The lowest BCUT2D eigenvalue weighted by Crippen LogP contribution is -2.38. The molecule has 1 unspecified atom stereocenters. The van der Waals surface area contributed by atoms with Gasteiger partial charge in [0.15, 0.2) is 0 Å². The smallest absolute Gasteiger partial charge is 0.241 e. The molecule has 0 aliphatic rings. The summed E-state index contributed by atoms with van der Waals surface area (Å²) in [6.07, 6.45) is 1.01. The van der Waals surface area contributed by atoms with E-state index in [9.17, 15) is 4.79 Å². The largest absolute Gasteiger partial charge is 0.497 e. The zero-order chi connectivity index (χ0) is 12.7. The second-order valence-corrected chi connectivity index (χ2v) is 3.90. The number of nitrogens with one attached hydrogen (secondary N) is 2. The van der Waals surface area contributed by atoms with Crippen molar-refractivity contribution in [1.29, 1.82) is 0 Å². The number of carbonyl (C=O) groups is 1. The van der Waals surface area contributed by atoms with Gasteiger partial charge >= 0.3 is 0 Å². The van der Waals surface area contributed by atoms with Crippen molar-refractivity contribution in [2.75, 3.05) is 19.0 Å². The van der Waals surface area contributed by atoms with Crippen molar-refractivity contribution in [1.82, 2.24) is 5.32 Å². The van der Waals surface area contributed by atoms with Crippen molar-refractivity contribution >= 4 is 24.0 Å². The van der Waals surface area contributed by atoms with Crippen LogP contribution in [0.25, 0.3) is 0 Å². The molecular formula is C13H21ClN2O2. The maximum atomic E-state index is 11.8. The number of benzene rings is 1. The fourth-order valence-electron chi connectivity index (χ4n) is 1.40. The van der Waals surface area contributed by atoms with Gasteiger partial charge in [-0.15, -0.1) is 12.4 Å². The molecule has 0 aliphatic heterocycles. The Morgan fingerprint density at radius 2 is 2.17 bits per heavy atom. The van der Waals surface area contributed by atoms with E-state index in [-0.39, 0.29) is 24.4 Å². The molecule has 1 aromatic carbocycles. The fourth-order valence-corrected chi connectivity index (χ4v) is 1.40. The van der Waals surface area contributed by atoms with Crippen LogP contribution in [0.5, 0.6) is 5.75 Å². The van der Waals surface area contributed by atoms with Gasteiger partial charge < -0.3 is 15.4 Å². The molecule has 1 rings (SSSR count). The van der Waals surface area contributed by atoms with Crippen molar-refractivity contribution in [3.05, 3.63) is 24.3 Å². The highest BCUT2D eigenvalue weighted by Gasteiger charge is 2.11. The standard InChI is InChI=1S/C13H20N2O2.ClH/c1-4-8-14-10(2)13(16)15-11-6-5-7-12(9-11)17-3;/h5-7,9-10,14H,4,8H2,1-3H3,(H,15,16);1H. The van der Waals surface area contributed by atoms with Gasteiger partial charge in [0.2, 0.25) is 5.91 Å². The third-order valence-electron chi connectivity index (χ3n) is 2.43. The molecule has 0 saturated carbocycles. The number of hydrogen-bond acceptors (Lipinski definition) is 3. The van der Waals surface area contributed by atoms with E-state index in [1.54, 1.807) is 13.2 Å². The summed E-state index contributed by atoms with van der Waals surface area (Å²) in [5.74, 6) is 0.698. The highest BCUT2D eigenvalue weighted by molar-refractivity contribution is 5.94. The minimum atomic E-state index is -0.193. The van der Waals surface area contributed by atoms with Crippen LogP contribution in [0.3, 0.4) is 0 Å². The van der Waals surface area contributed by atoms with E-state index >= 15 is 0 Å². The average Bonchev–Trinajstić information content (AvgIpc) is 2.36. The Morgan fingerprint density at radius 3 is 2.78 bits per heavy atom. The SMILES string of the molecule is CCCNC(C)C(=O)Nc1cccc(OC)c1.Cl. The van der Waals surface area contributed by atoms with Gasteiger partial charge in [-0.2, -0.15) is 0 Å². The number of methoxy groups -OCH3 is 1. The van der Waals surface area contributed by atoms with Gasteiger partial charge in [-0.1, -0.05) is 13.0 Å². The first-order chi connectivity index (χ1) is 8.17. The third kappa shape index (κ3) is 5.38. The topological polar surface area (TPSA) is 50.4 Å². The van der Waals surface area contributed by atoms with Gasteiger partial charge in [0.1, 0.15) is 5.75 Å².